The minimum absolute atomic E-state index is 0.132. The number of imide groups is 1. The van der Waals surface area contributed by atoms with Gasteiger partial charge in [0.2, 0.25) is 11.8 Å². The molecule has 0 aromatic carbocycles. The molecule has 0 bridgehead atoms. The minimum atomic E-state index is -1.02. The van der Waals surface area contributed by atoms with Crippen molar-refractivity contribution in [2.75, 3.05) is 4.90 Å². The standard InChI is InChI=1S/C15H17NO4S/c1-9-6-12(21-13(9)14(19)20)16-10(17)7-15(8-11(16)18)4-2-3-5-15/h6H,2-5,7-8H2,1H3,(H,19,20). The summed E-state index contributed by atoms with van der Waals surface area (Å²) < 4.78 is 0. The summed E-state index contributed by atoms with van der Waals surface area (Å²) in [6, 6.07) is 1.62. The number of thiophene rings is 1. The predicted molar refractivity (Wildman–Crippen MR) is 78.6 cm³/mol. The lowest BCUT2D eigenvalue weighted by molar-refractivity contribution is -0.133. The van der Waals surface area contributed by atoms with E-state index < -0.39 is 5.97 Å². The number of carboxylic acid groups (broad SMARTS) is 1. The number of aromatic carboxylic acids is 1. The number of rotatable bonds is 2. The lowest BCUT2D eigenvalue weighted by Crippen LogP contribution is -2.47. The number of carbonyl (C=O) groups is 3. The summed E-state index contributed by atoms with van der Waals surface area (Å²) in [6.07, 6.45) is 4.87. The molecule has 2 amide bonds. The summed E-state index contributed by atoms with van der Waals surface area (Å²) in [5.41, 5.74) is 0.455. The van der Waals surface area contributed by atoms with Gasteiger partial charge in [0.25, 0.3) is 0 Å². The van der Waals surface area contributed by atoms with Crippen LogP contribution in [0.5, 0.6) is 0 Å². The van der Waals surface area contributed by atoms with E-state index in [2.05, 4.69) is 0 Å². The van der Waals surface area contributed by atoms with Crippen LogP contribution in [-0.2, 0) is 9.59 Å². The fraction of sp³-hybridized carbons (Fsp3) is 0.533. The number of piperidine rings is 1. The quantitative estimate of drug-likeness (QED) is 0.852. The highest BCUT2D eigenvalue weighted by Crippen LogP contribution is 2.48. The zero-order chi connectivity index (χ0) is 15.2. The Balaban J connectivity index is 1.89. The molecular weight excluding hydrogens is 290 g/mol. The van der Waals surface area contributed by atoms with Crippen molar-refractivity contribution in [2.24, 2.45) is 5.41 Å². The summed E-state index contributed by atoms with van der Waals surface area (Å²) in [4.78, 5) is 37.3. The summed E-state index contributed by atoms with van der Waals surface area (Å²) in [5, 5.41) is 9.54. The second-order valence-corrected chi connectivity index (χ2v) is 7.12. The fourth-order valence-corrected chi connectivity index (χ4v) is 4.56. The zero-order valence-corrected chi connectivity index (χ0v) is 12.7. The molecule has 2 heterocycles. The molecule has 2 aliphatic rings. The maximum atomic E-state index is 12.4. The molecule has 1 N–H and O–H groups in total. The average molecular weight is 307 g/mol. The molecule has 1 spiro atoms. The lowest BCUT2D eigenvalue weighted by atomic mass is 9.76. The van der Waals surface area contributed by atoms with Gasteiger partial charge in [-0.05, 0) is 36.8 Å². The Bertz CT molecular complexity index is 608. The van der Waals surface area contributed by atoms with Crippen LogP contribution in [0.4, 0.5) is 5.00 Å². The molecule has 6 heteroatoms. The van der Waals surface area contributed by atoms with E-state index in [9.17, 15) is 14.4 Å². The third kappa shape index (κ3) is 2.37. The second kappa shape index (κ2) is 4.94. The number of aryl methyl sites for hydroxylation is 1. The summed E-state index contributed by atoms with van der Waals surface area (Å²) in [6.45, 7) is 1.68. The highest BCUT2D eigenvalue weighted by atomic mass is 32.1. The molecular formula is C15H17NO4S. The highest BCUT2D eigenvalue weighted by molar-refractivity contribution is 7.18. The zero-order valence-electron chi connectivity index (χ0n) is 11.8. The van der Waals surface area contributed by atoms with Crippen LogP contribution < -0.4 is 4.90 Å². The van der Waals surface area contributed by atoms with Crippen molar-refractivity contribution in [3.8, 4) is 0 Å². The molecule has 5 nitrogen and oxygen atoms in total. The van der Waals surface area contributed by atoms with Crippen LogP contribution >= 0.6 is 11.3 Å². The van der Waals surface area contributed by atoms with E-state index in [4.69, 9.17) is 5.11 Å². The van der Waals surface area contributed by atoms with Crippen molar-refractivity contribution in [1.82, 2.24) is 0 Å². The summed E-state index contributed by atoms with van der Waals surface area (Å²) in [7, 11) is 0. The first-order valence-corrected chi connectivity index (χ1v) is 7.93. The smallest absolute Gasteiger partial charge is 0.346 e. The van der Waals surface area contributed by atoms with Crippen LogP contribution in [0.3, 0.4) is 0 Å². The van der Waals surface area contributed by atoms with Crippen LogP contribution in [-0.4, -0.2) is 22.9 Å². The molecule has 1 saturated carbocycles. The van der Waals surface area contributed by atoms with E-state index in [-0.39, 0.29) is 22.1 Å². The number of carboxylic acids is 1. The van der Waals surface area contributed by atoms with Crippen molar-refractivity contribution in [1.29, 1.82) is 0 Å². The van der Waals surface area contributed by atoms with Gasteiger partial charge in [0.1, 0.15) is 9.88 Å². The molecule has 3 rings (SSSR count). The summed E-state index contributed by atoms with van der Waals surface area (Å²) >= 11 is 0.997. The van der Waals surface area contributed by atoms with Gasteiger partial charge in [-0.2, -0.15) is 0 Å². The van der Waals surface area contributed by atoms with Gasteiger partial charge in [0, 0.05) is 12.8 Å². The van der Waals surface area contributed by atoms with Crippen LogP contribution in [0.1, 0.15) is 53.8 Å². The Labute approximate surface area is 126 Å². The van der Waals surface area contributed by atoms with E-state index in [1.165, 1.54) is 4.90 Å². The number of anilines is 1. The molecule has 0 radical (unpaired) electrons. The first-order valence-electron chi connectivity index (χ1n) is 7.11. The van der Waals surface area contributed by atoms with Crippen LogP contribution in [0.2, 0.25) is 0 Å². The minimum Gasteiger partial charge on any atom is -0.477 e. The number of hydrogen-bond donors (Lipinski definition) is 1. The molecule has 112 valence electrons. The van der Waals surface area contributed by atoms with E-state index in [0.717, 1.165) is 37.0 Å². The molecule has 21 heavy (non-hydrogen) atoms. The molecule has 0 unspecified atom stereocenters. The molecule has 0 atom stereocenters. The third-order valence-electron chi connectivity index (χ3n) is 4.53. The molecule has 1 saturated heterocycles. The van der Waals surface area contributed by atoms with Gasteiger partial charge in [-0.15, -0.1) is 11.3 Å². The van der Waals surface area contributed by atoms with Gasteiger partial charge in [0.15, 0.2) is 0 Å². The van der Waals surface area contributed by atoms with Gasteiger partial charge >= 0.3 is 5.97 Å². The van der Waals surface area contributed by atoms with Crippen molar-refractivity contribution >= 4 is 34.1 Å². The number of amides is 2. The lowest BCUT2D eigenvalue weighted by Gasteiger charge is -2.36. The van der Waals surface area contributed by atoms with Gasteiger partial charge in [-0.1, -0.05) is 12.8 Å². The van der Waals surface area contributed by atoms with Gasteiger partial charge in [0.05, 0.1) is 0 Å². The van der Waals surface area contributed by atoms with Crippen molar-refractivity contribution in [3.05, 3.63) is 16.5 Å². The Kier molecular flexibility index (Phi) is 3.36. The van der Waals surface area contributed by atoms with E-state index >= 15 is 0 Å². The van der Waals surface area contributed by atoms with Crippen LogP contribution in [0, 0.1) is 12.3 Å². The second-order valence-electron chi connectivity index (χ2n) is 6.09. The maximum absolute atomic E-state index is 12.4. The van der Waals surface area contributed by atoms with Crippen molar-refractivity contribution in [2.45, 2.75) is 45.4 Å². The van der Waals surface area contributed by atoms with E-state index in [1.54, 1.807) is 13.0 Å². The van der Waals surface area contributed by atoms with Crippen LogP contribution in [0.25, 0.3) is 0 Å². The van der Waals surface area contributed by atoms with Crippen LogP contribution in [0.15, 0.2) is 6.07 Å². The number of carbonyl (C=O) groups excluding carboxylic acids is 2. The largest absolute Gasteiger partial charge is 0.477 e. The first-order chi connectivity index (χ1) is 9.92. The Hall–Kier alpha value is -1.69. The Morgan fingerprint density at radius 3 is 2.29 bits per heavy atom. The van der Waals surface area contributed by atoms with Gasteiger partial charge < -0.3 is 5.11 Å². The SMILES string of the molecule is Cc1cc(N2C(=O)CC3(CCCC3)CC2=O)sc1C(=O)O. The molecule has 1 aromatic heterocycles. The normalized spacial score (nSPS) is 21.3. The van der Waals surface area contributed by atoms with Crippen molar-refractivity contribution < 1.29 is 19.5 Å². The monoisotopic (exact) mass is 307 g/mol. The molecule has 1 aliphatic carbocycles. The topological polar surface area (TPSA) is 74.7 Å². The maximum Gasteiger partial charge on any atom is 0.346 e. The summed E-state index contributed by atoms with van der Waals surface area (Å²) in [5.74, 6) is -1.40. The molecule has 1 aliphatic heterocycles. The first kappa shape index (κ1) is 14.3. The Morgan fingerprint density at radius 1 is 1.24 bits per heavy atom. The average Bonchev–Trinajstić information content (AvgIpc) is 2.96. The van der Waals surface area contributed by atoms with Gasteiger partial charge in [-0.25, -0.2) is 9.69 Å². The fourth-order valence-electron chi connectivity index (χ4n) is 3.51. The molecule has 1 aromatic rings. The highest BCUT2D eigenvalue weighted by Gasteiger charge is 2.46. The van der Waals surface area contributed by atoms with Gasteiger partial charge in [-0.3, -0.25) is 9.59 Å². The third-order valence-corrected chi connectivity index (χ3v) is 5.75. The molecule has 2 fully saturated rings. The van der Waals surface area contributed by atoms with Crippen molar-refractivity contribution in [3.63, 3.8) is 0 Å². The number of hydrogen-bond acceptors (Lipinski definition) is 4. The Morgan fingerprint density at radius 2 is 1.81 bits per heavy atom. The van der Waals surface area contributed by atoms with E-state index in [0.29, 0.717) is 23.4 Å². The predicted octanol–water partition coefficient (Wildman–Crippen LogP) is 2.97. The van der Waals surface area contributed by atoms with E-state index in [1.807, 2.05) is 0 Å². The number of nitrogens with zero attached hydrogens (tertiary/aromatic N) is 1.